The summed E-state index contributed by atoms with van der Waals surface area (Å²) in [5.74, 6) is -2.62. The summed E-state index contributed by atoms with van der Waals surface area (Å²) >= 11 is 1.50. The van der Waals surface area contributed by atoms with Gasteiger partial charge in [-0.3, -0.25) is 9.69 Å². The monoisotopic (exact) mass is 489 g/mol. The summed E-state index contributed by atoms with van der Waals surface area (Å²) in [5, 5.41) is 27.2. The fraction of sp³-hybridized carbons (Fsp3) is 0.600. The zero-order valence-corrected chi connectivity index (χ0v) is 18.6. The Labute approximate surface area is 192 Å². The Kier molecular flexibility index (Phi) is 8.43. The fourth-order valence-corrected chi connectivity index (χ4v) is 4.66. The van der Waals surface area contributed by atoms with Crippen molar-refractivity contribution in [2.45, 2.75) is 50.5 Å². The quantitative estimate of drug-likeness (QED) is 0.663. The maximum atomic E-state index is 12.4. The van der Waals surface area contributed by atoms with Crippen molar-refractivity contribution < 1.29 is 33.0 Å². The Bertz CT molecular complexity index is 913. The van der Waals surface area contributed by atoms with Gasteiger partial charge in [-0.05, 0) is 43.7 Å². The van der Waals surface area contributed by atoms with Crippen LogP contribution in [0.1, 0.15) is 47.1 Å². The van der Waals surface area contributed by atoms with Gasteiger partial charge in [0.2, 0.25) is 0 Å². The van der Waals surface area contributed by atoms with Gasteiger partial charge >= 0.3 is 12.1 Å². The van der Waals surface area contributed by atoms with Crippen molar-refractivity contribution >= 4 is 23.2 Å². The zero-order chi connectivity index (χ0) is 24.0. The third-order valence-corrected chi connectivity index (χ3v) is 6.59. The van der Waals surface area contributed by atoms with Crippen molar-refractivity contribution in [1.29, 1.82) is 0 Å². The average molecular weight is 490 g/mol. The van der Waals surface area contributed by atoms with Gasteiger partial charge < -0.3 is 15.1 Å². The molecule has 4 rings (SSSR count). The lowest BCUT2D eigenvalue weighted by atomic mass is 10.1. The summed E-state index contributed by atoms with van der Waals surface area (Å²) in [5.41, 5.74) is 0.961. The van der Waals surface area contributed by atoms with Crippen molar-refractivity contribution in [2.75, 3.05) is 26.2 Å². The molecule has 9 nitrogen and oxygen atoms in total. The number of amides is 1. The predicted octanol–water partition coefficient (Wildman–Crippen LogP) is 2.41. The summed E-state index contributed by atoms with van der Waals surface area (Å²) in [6.07, 6.45) is 0.956. The lowest BCUT2D eigenvalue weighted by molar-refractivity contribution is -0.192. The van der Waals surface area contributed by atoms with E-state index in [1.807, 2.05) is 33.3 Å². The van der Waals surface area contributed by atoms with E-state index in [9.17, 15) is 23.1 Å². The smallest absolute Gasteiger partial charge is 0.475 e. The highest BCUT2D eigenvalue weighted by Gasteiger charge is 2.38. The second kappa shape index (κ2) is 11.1. The molecule has 2 aromatic heterocycles. The number of rotatable bonds is 5. The fourth-order valence-electron chi connectivity index (χ4n) is 3.97. The second-order valence-electron chi connectivity index (χ2n) is 7.94. The second-order valence-corrected chi connectivity index (χ2v) is 8.89. The molecular formula is C20H26F3N5O4S. The number of alkyl halides is 3. The molecule has 0 spiro atoms. The molecule has 2 aromatic rings. The summed E-state index contributed by atoms with van der Waals surface area (Å²) in [6, 6.07) is 4.37. The molecule has 13 heteroatoms. The molecule has 0 saturated carbocycles. The first kappa shape index (κ1) is 25.1. The van der Waals surface area contributed by atoms with Gasteiger partial charge in [0.05, 0.1) is 29.4 Å². The summed E-state index contributed by atoms with van der Waals surface area (Å²) < 4.78 is 33.7. The zero-order valence-electron chi connectivity index (χ0n) is 17.8. The summed E-state index contributed by atoms with van der Waals surface area (Å²) in [6.45, 7) is 3.50. The van der Waals surface area contributed by atoms with E-state index in [1.54, 1.807) is 0 Å². The largest absolute Gasteiger partial charge is 0.490 e. The Morgan fingerprint density at radius 1 is 1.18 bits per heavy atom. The van der Waals surface area contributed by atoms with Crippen LogP contribution in [0.15, 0.2) is 23.7 Å². The molecule has 0 aliphatic carbocycles. The average Bonchev–Trinajstić information content (AvgIpc) is 3.55. The van der Waals surface area contributed by atoms with E-state index >= 15 is 0 Å². The van der Waals surface area contributed by atoms with Crippen molar-refractivity contribution in [3.05, 3.63) is 34.3 Å². The highest BCUT2D eigenvalue weighted by Crippen LogP contribution is 2.25. The van der Waals surface area contributed by atoms with E-state index in [2.05, 4.69) is 15.2 Å². The number of aliphatic hydroxyl groups excluding tert-OH is 1. The molecule has 2 saturated heterocycles. The van der Waals surface area contributed by atoms with Crippen LogP contribution in [0.4, 0.5) is 13.2 Å². The van der Waals surface area contributed by atoms with Crippen LogP contribution in [0.3, 0.4) is 0 Å². The first-order valence-corrected chi connectivity index (χ1v) is 11.5. The van der Waals surface area contributed by atoms with E-state index in [4.69, 9.17) is 9.90 Å². The van der Waals surface area contributed by atoms with Gasteiger partial charge in [0.25, 0.3) is 5.91 Å². The third kappa shape index (κ3) is 6.74. The number of aromatic nitrogens is 3. The van der Waals surface area contributed by atoms with Gasteiger partial charge in [-0.15, -0.1) is 16.4 Å². The van der Waals surface area contributed by atoms with Gasteiger partial charge in [0.1, 0.15) is 0 Å². The lowest BCUT2D eigenvalue weighted by Gasteiger charge is -2.31. The van der Waals surface area contributed by atoms with Crippen LogP contribution >= 0.6 is 11.3 Å². The van der Waals surface area contributed by atoms with Gasteiger partial charge in [0, 0.05) is 25.7 Å². The van der Waals surface area contributed by atoms with E-state index in [-0.39, 0.29) is 18.6 Å². The summed E-state index contributed by atoms with van der Waals surface area (Å²) in [4.78, 5) is 26.4. The predicted molar refractivity (Wildman–Crippen MR) is 113 cm³/mol. The van der Waals surface area contributed by atoms with E-state index in [1.165, 1.54) is 11.3 Å². The number of hydrogen-bond acceptors (Lipinski definition) is 7. The molecule has 182 valence electrons. The minimum Gasteiger partial charge on any atom is -0.475 e. The molecule has 33 heavy (non-hydrogen) atoms. The van der Waals surface area contributed by atoms with E-state index < -0.39 is 12.1 Å². The van der Waals surface area contributed by atoms with E-state index in [0.29, 0.717) is 6.04 Å². The number of aliphatic hydroxyl groups is 1. The maximum Gasteiger partial charge on any atom is 0.490 e. The highest BCUT2D eigenvalue weighted by atomic mass is 32.1. The first-order chi connectivity index (χ1) is 15.7. The van der Waals surface area contributed by atoms with Crippen molar-refractivity contribution in [2.24, 2.45) is 0 Å². The Balaban J connectivity index is 0.000000383. The van der Waals surface area contributed by atoms with Crippen LogP contribution < -0.4 is 0 Å². The SMILES string of the molecule is O=C(O)C(F)(F)F.O=C(c1cccs1)N1CCC(n2cc(CN3CCC[C@@H]3CO)nn2)CC1. The van der Waals surface area contributed by atoms with Crippen LogP contribution in [-0.4, -0.2) is 85.3 Å². The molecule has 0 bridgehead atoms. The molecule has 1 amide bonds. The van der Waals surface area contributed by atoms with Gasteiger partial charge in [-0.25, -0.2) is 9.48 Å². The molecule has 0 unspecified atom stereocenters. The molecule has 0 aromatic carbocycles. The number of carbonyl (C=O) groups is 2. The standard InChI is InChI=1S/C18H25N5O2S.C2HF3O2/c24-13-16-3-1-7-22(16)11-14-12-23(20-19-14)15-5-8-21(9-6-15)18(25)17-4-2-10-26-17;3-2(4,5)1(6)7/h2,4,10,12,15-16,24H,1,3,5-9,11,13H2;(H,6,7)/t16-;/m1./s1. The number of carbonyl (C=O) groups excluding carboxylic acids is 1. The maximum absolute atomic E-state index is 12.4. The van der Waals surface area contributed by atoms with Crippen LogP contribution in [0.2, 0.25) is 0 Å². The Hall–Kier alpha value is -2.51. The number of carboxylic acid groups (broad SMARTS) is 1. The van der Waals surface area contributed by atoms with Crippen LogP contribution in [-0.2, 0) is 11.3 Å². The minimum atomic E-state index is -5.08. The molecular weight excluding hydrogens is 463 g/mol. The Morgan fingerprint density at radius 2 is 1.88 bits per heavy atom. The topological polar surface area (TPSA) is 112 Å². The number of thiophene rings is 1. The normalized spacial score (nSPS) is 19.9. The molecule has 1 atom stereocenters. The number of carboxylic acids is 1. The molecule has 2 aliphatic heterocycles. The lowest BCUT2D eigenvalue weighted by Crippen LogP contribution is -2.38. The summed E-state index contributed by atoms with van der Waals surface area (Å²) in [7, 11) is 0. The molecule has 2 N–H and O–H groups in total. The number of hydrogen-bond donors (Lipinski definition) is 2. The van der Waals surface area contributed by atoms with Gasteiger partial charge in [-0.1, -0.05) is 11.3 Å². The molecule has 4 heterocycles. The minimum absolute atomic E-state index is 0.141. The molecule has 2 aliphatic rings. The van der Waals surface area contributed by atoms with Gasteiger partial charge in [0.15, 0.2) is 0 Å². The number of aliphatic carboxylic acids is 1. The van der Waals surface area contributed by atoms with Gasteiger partial charge in [-0.2, -0.15) is 13.2 Å². The first-order valence-electron chi connectivity index (χ1n) is 10.6. The number of halogens is 3. The van der Waals surface area contributed by atoms with Crippen LogP contribution in [0, 0.1) is 0 Å². The Morgan fingerprint density at radius 3 is 2.45 bits per heavy atom. The van der Waals surface area contributed by atoms with Crippen molar-refractivity contribution in [3.8, 4) is 0 Å². The van der Waals surface area contributed by atoms with Crippen LogP contribution in [0.25, 0.3) is 0 Å². The third-order valence-electron chi connectivity index (χ3n) is 5.73. The highest BCUT2D eigenvalue weighted by molar-refractivity contribution is 7.12. The van der Waals surface area contributed by atoms with Crippen molar-refractivity contribution in [1.82, 2.24) is 24.8 Å². The molecule has 0 radical (unpaired) electrons. The number of nitrogens with zero attached hydrogens (tertiary/aromatic N) is 5. The van der Waals surface area contributed by atoms with Crippen LogP contribution in [0.5, 0.6) is 0 Å². The number of piperidine rings is 1. The van der Waals surface area contributed by atoms with E-state index in [0.717, 1.165) is 62.4 Å². The number of likely N-dealkylation sites (tertiary alicyclic amines) is 2. The van der Waals surface area contributed by atoms with Crippen molar-refractivity contribution in [3.63, 3.8) is 0 Å². The molecule has 2 fully saturated rings.